The number of carbonyl (C=O) groups is 2. The Morgan fingerprint density at radius 1 is 1.00 bits per heavy atom. The Bertz CT molecular complexity index is 1050. The van der Waals surface area contributed by atoms with Crippen LogP contribution in [0.1, 0.15) is 24.2 Å². The molecule has 3 aromatic rings. The minimum atomic E-state index is -0.452. The highest BCUT2D eigenvalue weighted by Crippen LogP contribution is 2.22. The molecule has 1 aromatic heterocycles. The van der Waals surface area contributed by atoms with Crippen molar-refractivity contribution in [3.05, 3.63) is 66.0 Å². The monoisotopic (exact) mass is 437 g/mol. The van der Waals surface area contributed by atoms with Gasteiger partial charge in [-0.1, -0.05) is 18.2 Å². The topological polar surface area (TPSA) is 91.7 Å². The third kappa shape index (κ3) is 6.10. The smallest absolute Gasteiger partial charge is 0.306 e. The van der Waals surface area contributed by atoms with Gasteiger partial charge in [0.1, 0.15) is 11.5 Å². The van der Waals surface area contributed by atoms with Crippen LogP contribution in [0.15, 0.2) is 54.6 Å². The Hall–Kier alpha value is -3.81. The zero-order valence-corrected chi connectivity index (χ0v) is 18.5. The third-order valence-corrected chi connectivity index (χ3v) is 4.77. The largest absolute Gasteiger partial charge is 0.497 e. The van der Waals surface area contributed by atoms with Crippen LogP contribution in [0.25, 0.3) is 5.69 Å². The van der Waals surface area contributed by atoms with Gasteiger partial charge in [0.25, 0.3) is 5.91 Å². The lowest BCUT2D eigenvalue weighted by Crippen LogP contribution is -2.21. The van der Waals surface area contributed by atoms with Crippen LogP contribution < -0.4 is 14.8 Å². The number of aromatic nitrogens is 2. The molecule has 8 nitrogen and oxygen atoms in total. The summed E-state index contributed by atoms with van der Waals surface area (Å²) in [4.78, 5) is 24.2. The molecule has 3 rings (SSSR count). The van der Waals surface area contributed by atoms with Crippen LogP contribution in [0.2, 0.25) is 0 Å². The van der Waals surface area contributed by atoms with E-state index in [1.54, 1.807) is 36.1 Å². The molecule has 0 fully saturated rings. The number of esters is 1. The van der Waals surface area contributed by atoms with Crippen molar-refractivity contribution in [2.45, 2.75) is 26.7 Å². The van der Waals surface area contributed by atoms with E-state index in [2.05, 4.69) is 10.4 Å². The number of hydrogen-bond acceptors (Lipinski definition) is 6. The quantitative estimate of drug-likeness (QED) is 0.383. The number of nitrogens with zero attached hydrogens (tertiary/aromatic N) is 2. The number of amides is 1. The summed E-state index contributed by atoms with van der Waals surface area (Å²) in [5.41, 5.74) is 2.99. The molecule has 0 bridgehead atoms. The predicted octanol–water partition coefficient (Wildman–Crippen LogP) is 3.84. The first-order chi connectivity index (χ1) is 15.5. The van der Waals surface area contributed by atoms with Gasteiger partial charge in [-0.2, -0.15) is 5.10 Å². The Kier molecular flexibility index (Phi) is 7.85. The van der Waals surface area contributed by atoms with Crippen LogP contribution in [0.3, 0.4) is 0 Å². The number of carbonyl (C=O) groups excluding carboxylic acids is 2. The second-order valence-electron chi connectivity index (χ2n) is 7.13. The van der Waals surface area contributed by atoms with E-state index < -0.39 is 11.9 Å². The van der Waals surface area contributed by atoms with Gasteiger partial charge in [-0.3, -0.25) is 9.59 Å². The Morgan fingerprint density at radius 2 is 1.69 bits per heavy atom. The first-order valence-electron chi connectivity index (χ1n) is 10.3. The summed E-state index contributed by atoms with van der Waals surface area (Å²) >= 11 is 0. The highest BCUT2D eigenvalue weighted by molar-refractivity contribution is 5.93. The van der Waals surface area contributed by atoms with Crippen LogP contribution >= 0.6 is 0 Å². The van der Waals surface area contributed by atoms with E-state index >= 15 is 0 Å². The lowest BCUT2D eigenvalue weighted by molar-refractivity contribution is -0.147. The summed E-state index contributed by atoms with van der Waals surface area (Å²) in [7, 11) is 1.60. The van der Waals surface area contributed by atoms with Crippen molar-refractivity contribution in [2.75, 3.05) is 25.6 Å². The van der Waals surface area contributed by atoms with Crippen molar-refractivity contribution in [3.63, 3.8) is 0 Å². The number of anilines is 1. The summed E-state index contributed by atoms with van der Waals surface area (Å²) in [5, 5.41) is 7.27. The van der Waals surface area contributed by atoms with Gasteiger partial charge in [-0.15, -0.1) is 0 Å². The van der Waals surface area contributed by atoms with Gasteiger partial charge in [0.2, 0.25) is 0 Å². The van der Waals surface area contributed by atoms with Crippen molar-refractivity contribution >= 4 is 17.6 Å². The van der Waals surface area contributed by atoms with Crippen molar-refractivity contribution in [1.29, 1.82) is 0 Å². The van der Waals surface area contributed by atoms with Crippen molar-refractivity contribution < 1.29 is 23.8 Å². The van der Waals surface area contributed by atoms with E-state index in [1.807, 2.05) is 44.2 Å². The molecule has 0 atom stereocenters. The molecule has 2 aromatic carbocycles. The zero-order chi connectivity index (χ0) is 22.9. The summed E-state index contributed by atoms with van der Waals surface area (Å²) in [6.07, 6.45) is 0.641. The van der Waals surface area contributed by atoms with Crippen LogP contribution in [0.4, 0.5) is 5.69 Å². The fourth-order valence-corrected chi connectivity index (χ4v) is 3.12. The van der Waals surface area contributed by atoms with E-state index in [0.29, 0.717) is 30.2 Å². The second kappa shape index (κ2) is 11.0. The number of methoxy groups -OCH3 is 1. The summed E-state index contributed by atoms with van der Waals surface area (Å²) < 4.78 is 17.5. The Labute approximate surface area is 187 Å². The van der Waals surface area contributed by atoms with Crippen molar-refractivity contribution in [3.8, 4) is 17.2 Å². The number of ether oxygens (including phenoxy) is 3. The maximum atomic E-state index is 12.3. The average Bonchev–Trinajstić information content (AvgIpc) is 3.09. The number of nitrogens with one attached hydrogen (secondary N) is 1. The maximum Gasteiger partial charge on any atom is 0.306 e. The molecule has 1 N–H and O–H groups in total. The standard InChI is InChI=1S/C24H27N3O5/c1-17-24(18(2)27(26-17)19-8-5-4-6-9-19)25-22(28)16-32-23(29)10-7-15-31-21-13-11-20(30-3)12-14-21/h4-6,8-9,11-14H,7,10,15-16H2,1-3H3,(H,25,28). The van der Waals surface area contributed by atoms with Gasteiger partial charge in [0.15, 0.2) is 6.61 Å². The summed E-state index contributed by atoms with van der Waals surface area (Å²) in [6.45, 7) is 3.70. The molecule has 0 saturated carbocycles. The fourth-order valence-electron chi connectivity index (χ4n) is 3.12. The van der Waals surface area contributed by atoms with E-state index in [9.17, 15) is 9.59 Å². The zero-order valence-electron chi connectivity index (χ0n) is 18.5. The van der Waals surface area contributed by atoms with E-state index in [1.165, 1.54) is 0 Å². The predicted molar refractivity (Wildman–Crippen MR) is 120 cm³/mol. The molecule has 0 spiro atoms. The molecular formula is C24H27N3O5. The summed E-state index contributed by atoms with van der Waals surface area (Å²) in [5.74, 6) is 0.580. The molecule has 0 saturated heterocycles. The molecule has 1 heterocycles. The molecule has 168 valence electrons. The number of hydrogen-bond donors (Lipinski definition) is 1. The SMILES string of the molecule is COc1ccc(OCCCC(=O)OCC(=O)Nc2c(C)nn(-c3ccccc3)c2C)cc1. The molecular weight excluding hydrogens is 410 g/mol. The maximum absolute atomic E-state index is 12.3. The summed E-state index contributed by atoms with van der Waals surface area (Å²) in [6, 6.07) is 16.8. The fraction of sp³-hybridized carbons (Fsp3) is 0.292. The van der Waals surface area contributed by atoms with Crippen LogP contribution in [-0.4, -0.2) is 42.0 Å². The van der Waals surface area contributed by atoms with E-state index in [4.69, 9.17) is 14.2 Å². The van der Waals surface area contributed by atoms with Crippen LogP contribution in [0, 0.1) is 13.8 Å². The molecule has 0 radical (unpaired) electrons. The van der Waals surface area contributed by atoms with E-state index in [-0.39, 0.29) is 13.0 Å². The Morgan fingerprint density at radius 3 is 2.38 bits per heavy atom. The Balaban J connectivity index is 1.41. The normalized spacial score (nSPS) is 10.5. The first kappa shape index (κ1) is 22.9. The lowest BCUT2D eigenvalue weighted by atomic mass is 10.3. The molecule has 0 unspecified atom stereocenters. The molecule has 32 heavy (non-hydrogen) atoms. The number of rotatable bonds is 10. The van der Waals surface area contributed by atoms with E-state index in [0.717, 1.165) is 17.1 Å². The molecule has 8 heteroatoms. The van der Waals surface area contributed by atoms with Crippen molar-refractivity contribution in [2.24, 2.45) is 0 Å². The highest BCUT2D eigenvalue weighted by atomic mass is 16.5. The van der Waals surface area contributed by atoms with Gasteiger partial charge in [0.05, 0.1) is 36.5 Å². The average molecular weight is 437 g/mol. The van der Waals surface area contributed by atoms with Gasteiger partial charge >= 0.3 is 5.97 Å². The van der Waals surface area contributed by atoms with Gasteiger partial charge < -0.3 is 19.5 Å². The van der Waals surface area contributed by atoms with Crippen LogP contribution in [0.5, 0.6) is 11.5 Å². The molecule has 0 aliphatic rings. The van der Waals surface area contributed by atoms with Crippen molar-refractivity contribution in [1.82, 2.24) is 9.78 Å². The van der Waals surface area contributed by atoms with Gasteiger partial charge in [-0.25, -0.2) is 4.68 Å². The second-order valence-corrected chi connectivity index (χ2v) is 7.13. The minimum absolute atomic E-state index is 0.160. The highest BCUT2D eigenvalue weighted by Gasteiger charge is 2.16. The molecule has 0 aliphatic carbocycles. The lowest BCUT2D eigenvalue weighted by Gasteiger charge is -2.09. The third-order valence-electron chi connectivity index (χ3n) is 4.77. The molecule has 1 amide bonds. The molecule has 0 aliphatic heterocycles. The van der Waals surface area contributed by atoms with Crippen LogP contribution in [-0.2, 0) is 14.3 Å². The minimum Gasteiger partial charge on any atom is -0.497 e. The number of aryl methyl sites for hydroxylation is 1. The van der Waals surface area contributed by atoms with Gasteiger partial charge in [-0.05, 0) is 56.7 Å². The number of para-hydroxylation sites is 1. The van der Waals surface area contributed by atoms with Gasteiger partial charge in [0, 0.05) is 6.42 Å². The first-order valence-corrected chi connectivity index (χ1v) is 10.3. The number of benzene rings is 2.